The van der Waals surface area contributed by atoms with Crippen LogP contribution in [0.25, 0.3) is 0 Å². The summed E-state index contributed by atoms with van der Waals surface area (Å²) in [5.41, 5.74) is 0. The number of hydrogen-bond donors (Lipinski definition) is 0. The third-order valence-electron chi connectivity index (χ3n) is 4.68. The van der Waals surface area contributed by atoms with Crippen LogP contribution in [0.3, 0.4) is 0 Å². The molecule has 180 valence electrons. The van der Waals surface area contributed by atoms with Crippen molar-refractivity contribution in [2.45, 2.75) is 80.6 Å². The molecule has 1 rings (SSSR count). The molecule has 2 atom stereocenters. The van der Waals surface area contributed by atoms with E-state index in [0.717, 1.165) is 0 Å². The smallest absolute Gasteiger partial charge is 0.312 e. The van der Waals surface area contributed by atoms with E-state index in [1.54, 1.807) is 0 Å². The van der Waals surface area contributed by atoms with Crippen LogP contribution < -0.4 is 0 Å². The monoisotopic (exact) mass is 482 g/mol. The van der Waals surface area contributed by atoms with E-state index in [0.29, 0.717) is 6.42 Å². The van der Waals surface area contributed by atoms with Gasteiger partial charge >= 0.3 is 41.9 Å². The van der Waals surface area contributed by atoms with Crippen LogP contribution >= 0.6 is 0 Å². The van der Waals surface area contributed by atoms with Gasteiger partial charge in [0, 0.05) is 0 Å². The molecule has 1 fully saturated rings. The van der Waals surface area contributed by atoms with E-state index in [1.807, 2.05) is 0 Å². The first-order valence-electron chi connectivity index (χ1n) is 8.02. The maximum Gasteiger partial charge on any atom is 0.460 e. The summed E-state index contributed by atoms with van der Waals surface area (Å²) in [5, 5.41) is 0. The Balaban J connectivity index is 3.34. The van der Waals surface area contributed by atoms with Crippen molar-refractivity contribution < 1.29 is 70.6 Å². The first-order valence-corrected chi connectivity index (χ1v) is 8.02. The molecule has 0 aliphatic heterocycles. The first-order chi connectivity index (χ1) is 13.0. The second kappa shape index (κ2) is 7.50. The van der Waals surface area contributed by atoms with Crippen molar-refractivity contribution in [1.82, 2.24) is 0 Å². The van der Waals surface area contributed by atoms with Gasteiger partial charge in [-0.3, -0.25) is 0 Å². The van der Waals surface area contributed by atoms with E-state index >= 15 is 0 Å². The normalized spacial score (nSPS) is 23.2. The molecular weight excluding hydrogens is 469 g/mol. The van der Waals surface area contributed by atoms with Crippen molar-refractivity contribution in [3.8, 4) is 0 Å². The Morgan fingerprint density at radius 3 is 1.37 bits per heavy atom. The molecule has 0 amide bonds. The Labute approximate surface area is 158 Å². The number of halogens is 15. The van der Waals surface area contributed by atoms with Crippen molar-refractivity contribution in [2.75, 3.05) is 0 Å². The van der Waals surface area contributed by atoms with E-state index in [2.05, 4.69) is 4.74 Å². The highest BCUT2D eigenvalue weighted by atomic mass is 19.4. The van der Waals surface area contributed by atoms with Gasteiger partial charge in [-0.1, -0.05) is 13.3 Å². The maximum absolute atomic E-state index is 13.6. The predicted octanol–water partition coefficient (Wildman–Crippen LogP) is 6.91. The number of ether oxygens (including phenoxy) is 1. The highest BCUT2D eigenvalue weighted by molar-refractivity contribution is 5.12. The van der Waals surface area contributed by atoms with Crippen LogP contribution in [0.4, 0.5) is 65.9 Å². The largest absolute Gasteiger partial charge is 0.460 e. The van der Waals surface area contributed by atoms with Crippen LogP contribution in [0.2, 0.25) is 0 Å². The van der Waals surface area contributed by atoms with Crippen LogP contribution in [-0.4, -0.2) is 48.0 Å². The summed E-state index contributed by atoms with van der Waals surface area (Å²) in [5.74, 6) is -40.6. The highest BCUT2D eigenvalue weighted by Crippen LogP contribution is 2.62. The summed E-state index contributed by atoms with van der Waals surface area (Å²) in [7, 11) is 0. The van der Waals surface area contributed by atoms with Gasteiger partial charge in [0.05, 0.1) is 6.10 Å². The molecule has 0 N–H and O–H groups in total. The molecule has 0 heterocycles. The topological polar surface area (TPSA) is 9.23 Å². The lowest BCUT2D eigenvalue weighted by Crippen LogP contribution is -2.73. The zero-order valence-corrected chi connectivity index (χ0v) is 14.6. The van der Waals surface area contributed by atoms with Crippen LogP contribution in [0.1, 0.15) is 32.6 Å². The van der Waals surface area contributed by atoms with Gasteiger partial charge in [-0.15, -0.1) is 0 Å². The molecule has 0 radical (unpaired) electrons. The minimum atomic E-state index is -8.28. The molecule has 1 aliphatic carbocycles. The molecule has 1 aliphatic rings. The average molecular weight is 482 g/mol. The fourth-order valence-corrected chi connectivity index (χ4v) is 2.74. The van der Waals surface area contributed by atoms with E-state index in [4.69, 9.17) is 0 Å². The Bertz CT molecular complexity index is 609. The molecule has 0 aromatic rings. The molecule has 2 unspecified atom stereocenters. The fourth-order valence-electron chi connectivity index (χ4n) is 2.74. The summed E-state index contributed by atoms with van der Waals surface area (Å²) >= 11 is 0. The molecule has 0 aromatic carbocycles. The zero-order valence-electron chi connectivity index (χ0n) is 14.6. The van der Waals surface area contributed by atoms with Crippen LogP contribution in [0.15, 0.2) is 0 Å². The van der Waals surface area contributed by atoms with Crippen molar-refractivity contribution in [2.24, 2.45) is 5.92 Å². The first kappa shape index (κ1) is 26.9. The molecule has 16 heteroatoms. The van der Waals surface area contributed by atoms with Crippen LogP contribution in [-0.2, 0) is 4.74 Å². The quantitative estimate of drug-likeness (QED) is 0.342. The van der Waals surface area contributed by atoms with Crippen molar-refractivity contribution in [1.29, 1.82) is 0 Å². The molecule has 30 heavy (non-hydrogen) atoms. The summed E-state index contributed by atoms with van der Waals surface area (Å²) in [6, 6.07) is 0. The van der Waals surface area contributed by atoms with Crippen LogP contribution in [0, 0.1) is 5.92 Å². The Morgan fingerprint density at radius 2 is 1.00 bits per heavy atom. The van der Waals surface area contributed by atoms with Gasteiger partial charge in [-0.05, 0) is 25.2 Å². The Morgan fingerprint density at radius 1 is 0.600 bits per heavy atom. The van der Waals surface area contributed by atoms with Gasteiger partial charge in [0.1, 0.15) is 0 Å². The molecule has 0 bridgehead atoms. The molecule has 1 nitrogen and oxygen atoms in total. The molecular formula is C14H13F15O. The third kappa shape index (κ3) is 3.80. The fraction of sp³-hybridized carbons (Fsp3) is 1.00. The molecule has 0 aromatic heterocycles. The molecule has 1 saturated carbocycles. The van der Waals surface area contributed by atoms with Gasteiger partial charge in [0.25, 0.3) is 0 Å². The molecule has 0 spiro atoms. The number of alkyl halides is 15. The van der Waals surface area contributed by atoms with Crippen molar-refractivity contribution >= 4 is 0 Å². The number of rotatable bonds is 8. The second-order valence-corrected chi connectivity index (χ2v) is 6.71. The Hall–Kier alpha value is -1.09. The van der Waals surface area contributed by atoms with Crippen molar-refractivity contribution in [3.63, 3.8) is 0 Å². The maximum atomic E-state index is 13.6. The lowest BCUT2D eigenvalue weighted by molar-refractivity contribution is -0.475. The lowest BCUT2D eigenvalue weighted by Gasteiger charge is -2.41. The van der Waals surface area contributed by atoms with Gasteiger partial charge < -0.3 is 4.74 Å². The van der Waals surface area contributed by atoms with Gasteiger partial charge in [0.2, 0.25) is 0 Å². The SMILES string of the molecule is CCC1CCC(OC(F)(F)C(F)(F)C(F)(F)C(F)(F)C(F)(F)C(F)(F)C(F)(F)F)C1. The van der Waals surface area contributed by atoms with Gasteiger partial charge in [0.15, 0.2) is 0 Å². The van der Waals surface area contributed by atoms with Crippen LogP contribution in [0.5, 0.6) is 0 Å². The summed E-state index contributed by atoms with van der Waals surface area (Å²) in [4.78, 5) is 0. The minimum absolute atomic E-state index is 0.0746. The molecule has 0 saturated heterocycles. The predicted molar refractivity (Wildman–Crippen MR) is 68.2 cm³/mol. The lowest BCUT2D eigenvalue weighted by atomic mass is 9.93. The second-order valence-electron chi connectivity index (χ2n) is 6.71. The van der Waals surface area contributed by atoms with E-state index in [-0.39, 0.29) is 6.42 Å². The van der Waals surface area contributed by atoms with Gasteiger partial charge in [-0.2, -0.15) is 65.9 Å². The zero-order chi connectivity index (χ0) is 24.2. The van der Waals surface area contributed by atoms with E-state index < -0.39 is 66.8 Å². The van der Waals surface area contributed by atoms with E-state index in [1.165, 1.54) is 6.92 Å². The third-order valence-corrected chi connectivity index (χ3v) is 4.68. The van der Waals surface area contributed by atoms with Crippen molar-refractivity contribution in [3.05, 3.63) is 0 Å². The number of hydrogen-bond acceptors (Lipinski definition) is 1. The Kier molecular flexibility index (Phi) is 6.74. The standard InChI is InChI=1S/C14H13F15O/c1-2-6-3-4-7(5-6)30-14(28,29)12(23,24)10(19,20)8(15,16)9(17,18)11(21,22)13(25,26)27/h6-7H,2-5H2,1H3. The highest BCUT2D eigenvalue weighted by Gasteiger charge is 2.93. The van der Waals surface area contributed by atoms with Gasteiger partial charge in [-0.25, -0.2) is 0 Å². The average Bonchev–Trinajstić information content (AvgIpc) is 2.99. The summed E-state index contributed by atoms with van der Waals surface area (Å²) in [6.45, 7) is 1.53. The minimum Gasteiger partial charge on any atom is -0.312 e. The van der Waals surface area contributed by atoms with E-state index in [9.17, 15) is 65.9 Å². The summed E-state index contributed by atoms with van der Waals surface area (Å²) in [6.07, 6.45) is -16.6. The summed E-state index contributed by atoms with van der Waals surface area (Å²) < 4.78 is 199.